The van der Waals surface area contributed by atoms with Gasteiger partial charge in [-0.15, -0.1) is 12.4 Å². The Bertz CT molecular complexity index is 523. The lowest BCUT2D eigenvalue weighted by Gasteiger charge is -2.37. The fourth-order valence-corrected chi connectivity index (χ4v) is 2.88. The lowest BCUT2D eigenvalue weighted by molar-refractivity contribution is -0.137. The standard InChI is InChI=1S/C18H27F3N2O2.ClH/c1-2-3-11-25-14-17(24)13-22-7-9-23(10-8-22)16-6-4-5-15(12-16)18(19,20)21;/h4-6,12,17,24H,2-3,7-11,13-14H2,1H3;1H. The number of hydrogen-bond acceptors (Lipinski definition) is 4. The first-order valence-electron chi connectivity index (χ1n) is 8.80. The normalized spacial score (nSPS) is 17.0. The summed E-state index contributed by atoms with van der Waals surface area (Å²) in [5.41, 5.74) is -0.0231. The SMILES string of the molecule is CCCCOCC(O)CN1CCN(c2cccc(C(F)(F)F)c2)CC1.Cl. The molecular formula is C18H28ClF3N2O2. The van der Waals surface area contributed by atoms with Crippen LogP contribution in [0.3, 0.4) is 0 Å². The molecule has 8 heteroatoms. The zero-order valence-corrected chi connectivity index (χ0v) is 15.9. The smallest absolute Gasteiger partial charge is 0.389 e. The summed E-state index contributed by atoms with van der Waals surface area (Å²) >= 11 is 0. The second-order valence-corrected chi connectivity index (χ2v) is 6.42. The Kier molecular flexibility index (Phi) is 9.71. The lowest BCUT2D eigenvalue weighted by atomic mass is 10.1. The molecule has 0 radical (unpaired) electrons. The Morgan fingerprint density at radius 3 is 2.50 bits per heavy atom. The molecule has 1 N–H and O–H groups in total. The molecule has 1 aliphatic heterocycles. The van der Waals surface area contributed by atoms with Gasteiger partial charge in [0.25, 0.3) is 0 Å². The van der Waals surface area contributed by atoms with Crippen LogP contribution in [0.1, 0.15) is 25.3 Å². The highest BCUT2D eigenvalue weighted by atomic mass is 35.5. The molecule has 0 bridgehead atoms. The fourth-order valence-electron chi connectivity index (χ4n) is 2.88. The molecule has 1 saturated heterocycles. The van der Waals surface area contributed by atoms with Crippen molar-refractivity contribution in [2.24, 2.45) is 0 Å². The summed E-state index contributed by atoms with van der Waals surface area (Å²) in [6.07, 6.45) is -2.80. The molecule has 1 aromatic rings. The number of nitrogens with zero attached hydrogens (tertiary/aromatic N) is 2. The highest BCUT2D eigenvalue weighted by Crippen LogP contribution is 2.31. The van der Waals surface area contributed by atoms with Crippen LogP contribution in [0.5, 0.6) is 0 Å². The highest BCUT2D eigenvalue weighted by molar-refractivity contribution is 5.85. The number of hydrogen-bond donors (Lipinski definition) is 1. The molecule has 150 valence electrons. The number of anilines is 1. The van der Waals surface area contributed by atoms with E-state index < -0.39 is 17.8 Å². The second kappa shape index (κ2) is 11.0. The largest absolute Gasteiger partial charge is 0.416 e. The van der Waals surface area contributed by atoms with Gasteiger partial charge < -0.3 is 14.7 Å². The quantitative estimate of drug-likeness (QED) is 0.683. The van der Waals surface area contributed by atoms with E-state index in [0.717, 1.165) is 18.9 Å². The monoisotopic (exact) mass is 396 g/mol. The molecule has 1 unspecified atom stereocenters. The zero-order chi connectivity index (χ0) is 18.3. The molecule has 4 nitrogen and oxygen atoms in total. The molecule has 2 rings (SSSR count). The van der Waals surface area contributed by atoms with Gasteiger partial charge in [0.1, 0.15) is 0 Å². The maximum absolute atomic E-state index is 12.8. The van der Waals surface area contributed by atoms with Crippen molar-refractivity contribution in [2.75, 3.05) is 50.8 Å². The summed E-state index contributed by atoms with van der Waals surface area (Å²) in [4.78, 5) is 4.08. The summed E-state index contributed by atoms with van der Waals surface area (Å²) in [6, 6.07) is 5.45. The Morgan fingerprint density at radius 1 is 1.19 bits per heavy atom. The van der Waals surface area contributed by atoms with Gasteiger partial charge in [0.05, 0.1) is 18.3 Å². The number of aliphatic hydroxyl groups is 1. The van der Waals surface area contributed by atoms with E-state index in [0.29, 0.717) is 51.6 Å². The van der Waals surface area contributed by atoms with Crippen LogP contribution in [0.2, 0.25) is 0 Å². The van der Waals surface area contributed by atoms with Crippen LogP contribution >= 0.6 is 12.4 Å². The van der Waals surface area contributed by atoms with Crippen LogP contribution < -0.4 is 4.90 Å². The number of halogens is 4. The minimum absolute atomic E-state index is 0. The van der Waals surface area contributed by atoms with Gasteiger partial charge in [-0.3, -0.25) is 4.90 Å². The van der Waals surface area contributed by atoms with Crippen molar-refractivity contribution >= 4 is 18.1 Å². The number of rotatable bonds is 8. The number of β-amino-alcohol motifs (C(OH)–C–C–N with tert-alkyl or cyclic N) is 1. The minimum atomic E-state index is -4.32. The van der Waals surface area contributed by atoms with E-state index in [1.165, 1.54) is 12.1 Å². The van der Waals surface area contributed by atoms with Crippen molar-refractivity contribution in [3.05, 3.63) is 29.8 Å². The molecule has 1 heterocycles. The van der Waals surface area contributed by atoms with E-state index in [4.69, 9.17) is 4.74 Å². The van der Waals surface area contributed by atoms with Crippen LogP contribution in [0.4, 0.5) is 18.9 Å². The Hall–Kier alpha value is -1.02. The molecule has 0 amide bonds. The molecule has 0 spiro atoms. The molecular weight excluding hydrogens is 369 g/mol. The van der Waals surface area contributed by atoms with Gasteiger partial charge in [0, 0.05) is 45.0 Å². The van der Waals surface area contributed by atoms with Crippen molar-refractivity contribution < 1.29 is 23.0 Å². The molecule has 1 aliphatic rings. The number of alkyl halides is 3. The van der Waals surface area contributed by atoms with Gasteiger partial charge in [-0.05, 0) is 24.6 Å². The fraction of sp³-hybridized carbons (Fsp3) is 0.667. The number of aliphatic hydroxyl groups excluding tert-OH is 1. The van der Waals surface area contributed by atoms with Gasteiger partial charge in [0.15, 0.2) is 0 Å². The van der Waals surface area contributed by atoms with Gasteiger partial charge in [0.2, 0.25) is 0 Å². The first kappa shape index (κ1) is 23.0. The van der Waals surface area contributed by atoms with Crippen LogP contribution in [-0.4, -0.2) is 62.0 Å². The molecule has 1 aromatic carbocycles. The van der Waals surface area contributed by atoms with Crippen molar-refractivity contribution in [1.29, 1.82) is 0 Å². The maximum Gasteiger partial charge on any atom is 0.416 e. The first-order chi connectivity index (χ1) is 11.9. The number of unbranched alkanes of at least 4 members (excludes halogenated alkanes) is 1. The molecule has 0 saturated carbocycles. The lowest BCUT2D eigenvalue weighted by Crippen LogP contribution is -2.49. The summed E-state index contributed by atoms with van der Waals surface area (Å²) < 4.78 is 43.9. The van der Waals surface area contributed by atoms with E-state index in [-0.39, 0.29) is 12.4 Å². The number of piperazine rings is 1. The zero-order valence-electron chi connectivity index (χ0n) is 15.0. The summed E-state index contributed by atoms with van der Waals surface area (Å²) in [7, 11) is 0. The minimum Gasteiger partial charge on any atom is -0.389 e. The van der Waals surface area contributed by atoms with Gasteiger partial charge in [-0.25, -0.2) is 0 Å². The second-order valence-electron chi connectivity index (χ2n) is 6.42. The van der Waals surface area contributed by atoms with Gasteiger partial charge >= 0.3 is 6.18 Å². The van der Waals surface area contributed by atoms with Crippen LogP contribution in [-0.2, 0) is 10.9 Å². The van der Waals surface area contributed by atoms with E-state index in [1.54, 1.807) is 6.07 Å². The molecule has 1 fully saturated rings. The average molecular weight is 397 g/mol. The molecule has 1 atom stereocenters. The predicted molar refractivity (Wildman–Crippen MR) is 99.1 cm³/mol. The summed E-state index contributed by atoms with van der Waals surface area (Å²) in [6.45, 7) is 6.32. The van der Waals surface area contributed by atoms with Gasteiger partial charge in [-0.1, -0.05) is 19.4 Å². The molecule has 0 aliphatic carbocycles. The summed E-state index contributed by atoms with van der Waals surface area (Å²) in [5, 5.41) is 10.0. The predicted octanol–water partition coefficient (Wildman–Crippen LogP) is 3.43. The third-order valence-electron chi connectivity index (χ3n) is 4.33. The van der Waals surface area contributed by atoms with Crippen molar-refractivity contribution in [2.45, 2.75) is 32.0 Å². The Morgan fingerprint density at radius 2 is 1.88 bits per heavy atom. The third-order valence-corrected chi connectivity index (χ3v) is 4.33. The number of ether oxygens (including phenoxy) is 1. The summed E-state index contributed by atoms with van der Waals surface area (Å²) in [5.74, 6) is 0. The molecule has 0 aromatic heterocycles. The van der Waals surface area contributed by atoms with Crippen LogP contribution in [0.15, 0.2) is 24.3 Å². The van der Waals surface area contributed by atoms with Gasteiger partial charge in [-0.2, -0.15) is 13.2 Å². The van der Waals surface area contributed by atoms with E-state index in [9.17, 15) is 18.3 Å². The Balaban J connectivity index is 0.00000338. The van der Waals surface area contributed by atoms with Crippen LogP contribution in [0.25, 0.3) is 0 Å². The topological polar surface area (TPSA) is 35.9 Å². The van der Waals surface area contributed by atoms with Crippen molar-refractivity contribution in [3.63, 3.8) is 0 Å². The van der Waals surface area contributed by atoms with Crippen LogP contribution in [0, 0.1) is 0 Å². The van der Waals surface area contributed by atoms with E-state index >= 15 is 0 Å². The third kappa shape index (κ3) is 7.31. The maximum atomic E-state index is 12.8. The molecule has 26 heavy (non-hydrogen) atoms. The van der Waals surface area contributed by atoms with Crippen molar-refractivity contribution in [1.82, 2.24) is 4.90 Å². The highest BCUT2D eigenvalue weighted by Gasteiger charge is 2.31. The van der Waals surface area contributed by atoms with Crippen molar-refractivity contribution in [3.8, 4) is 0 Å². The van der Waals surface area contributed by atoms with E-state index in [1.807, 2.05) is 4.90 Å². The first-order valence-corrected chi connectivity index (χ1v) is 8.80. The number of benzene rings is 1. The van der Waals surface area contributed by atoms with E-state index in [2.05, 4.69) is 11.8 Å². The average Bonchev–Trinajstić information content (AvgIpc) is 2.59. The Labute approximate surface area is 159 Å².